The first-order chi connectivity index (χ1) is 15.8. The van der Waals surface area contributed by atoms with Crippen LogP contribution < -0.4 is 5.32 Å². The molecule has 33 heavy (non-hydrogen) atoms. The summed E-state index contributed by atoms with van der Waals surface area (Å²) in [5.74, 6) is -0.513. The van der Waals surface area contributed by atoms with Crippen LogP contribution in [0.15, 0.2) is 30.3 Å². The molecule has 6 nitrogen and oxygen atoms in total. The van der Waals surface area contributed by atoms with Gasteiger partial charge < -0.3 is 10.2 Å². The lowest BCUT2D eigenvalue weighted by Crippen LogP contribution is -2.64. The third-order valence-electron chi connectivity index (χ3n) is 7.09. The van der Waals surface area contributed by atoms with Crippen LogP contribution in [0.4, 0.5) is 4.39 Å². The fourth-order valence-corrected chi connectivity index (χ4v) is 4.91. The predicted octanol–water partition coefficient (Wildman–Crippen LogP) is 4.79. The smallest absolute Gasteiger partial charge is 0.273 e. The molecule has 1 atom stereocenters. The van der Waals surface area contributed by atoms with Gasteiger partial charge in [0.25, 0.3) is 5.91 Å². The van der Waals surface area contributed by atoms with Gasteiger partial charge in [0.15, 0.2) is 0 Å². The van der Waals surface area contributed by atoms with E-state index in [-0.39, 0.29) is 36.1 Å². The Labute approximate surface area is 195 Å². The van der Waals surface area contributed by atoms with Crippen molar-refractivity contribution in [2.24, 2.45) is 0 Å². The molecule has 2 heterocycles. The summed E-state index contributed by atoms with van der Waals surface area (Å²) in [6, 6.07) is 8.06. The molecule has 2 amide bonds. The maximum Gasteiger partial charge on any atom is 0.273 e. The molecule has 1 fully saturated rings. The number of carbonyl (C=O) groups is 2. The number of hydrogen-bond donors (Lipinski definition) is 1. The summed E-state index contributed by atoms with van der Waals surface area (Å²) in [7, 11) is 0. The van der Waals surface area contributed by atoms with E-state index in [9.17, 15) is 14.0 Å². The van der Waals surface area contributed by atoms with Crippen LogP contribution in [0, 0.1) is 5.82 Å². The summed E-state index contributed by atoms with van der Waals surface area (Å²) in [5.41, 5.74) is 1.02. The molecule has 0 unspecified atom stereocenters. The van der Waals surface area contributed by atoms with Gasteiger partial charge >= 0.3 is 0 Å². The van der Waals surface area contributed by atoms with Crippen molar-refractivity contribution in [3.05, 3.63) is 53.1 Å². The van der Waals surface area contributed by atoms with E-state index in [1.54, 1.807) is 21.7 Å². The quantitative estimate of drug-likeness (QED) is 0.706. The van der Waals surface area contributed by atoms with E-state index >= 15 is 0 Å². The molecule has 0 radical (unpaired) electrons. The maximum absolute atomic E-state index is 13.7. The Morgan fingerprint density at radius 1 is 1.15 bits per heavy atom. The predicted molar refractivity (Wildman–Crippen MR) is 125 cm³/mol. The molecule has 0 bridgehead atoms. The Balaban J connectivity index is 1.65. The zero-order valence-electron chi connectivity index (χ0n) is 19.9. The fourth-order valence-electron chi connectivity index (χ4n) is 4.91. The van der Waals surface area contributed by atoms with Crippen molar-refractivity contribution >= 4 is 11.8 Å². The Bertz CT molecular complexity index is 992. The van der Waals surface area contributed by atoms with Crippen LogP contribution in [-0.2, 0) is 17.9 Å². The Morgan fingerprint density at radius 3 is 2.42 bits per heavy atom. The van der Waals surface area contributed by atoms with Crippen LogP contribution in [0.3, 0.4) is 0 Å². The lowest BCUT2D eigenvalue weighted by molar-refractivity contribution is -0.134. The third kappa shape index (κ3) is 4.97. The van der Waals surface area contributed by atoms with Crippen molar-refractivity contribution in [1.82, 2.24) is 20.0 Å². The van der Waals surface area contributed by atoms with Crippen molar-refractivity contribution in [2.45, 2.75) is 96.3 Å². The van der Waals surface area contributed by atoms with Crippen molar-refractivity contribution in [3.8, 4) is 0 Å². The number of aromatic nitrogens is 2. The largest absolute Gasteiger partial charge is 0.351 e. The van der Waals surface area contributed by atoms with Crippen LogP contribution in [0.1, 0.15) is 93.4 Å². The van der Waals surface area contributed by atoms with Gasteiger partial charge in [-0.3, -0.25) is 14.3 Å². The van der Waals surface area contributed by atoms with Gasteiger partial charge in [0.2, 0.25) is 5.91 Å². The Morgan fingerprint density at radius 2 is 1.79 bits per heavy atom. The molecule has 1 saturated carbocycles. The molecule has 1 aromatic carbocycles. The first kappa shape index (κ1) is 23.5. The SMILES string of the molecule is CC(C)c1cc2n(n1)C[C@@](C)(C(=O)NC1CCCCCCC1)N(Cc1ccc(F)cc1)C2=O. The molecule has 0 saturated heterocycles. The number of nitrogens with zero attached hydrogens (tertiary/aromatic N) is 3. The summed E-state index contributed by atoms with van der Waals surface area (Å²) in [4.78, 5) is 29.0. The van der Waals surface area contributed by atoms with Crippen molar-refractivity contribution in [1.29, 1.82) is 0 Å². The van der Waals surface area contributed by atoms with Gasteiger partial charge in [-0.05, 0) is 49.4 Å². The highest BCUT2D eigenvalue weighted by atomic mass is 19.1. The van der Waals surface area contributed by atoms with Gasteiger partial charge in [0.05, 0.1) is 12.2 Å². The first-order valence-corrected chi connectivity index (χ1v) is 12.2. The van der Waals surface area contributed by atoms with E-state index < -0.39 is 5.54 Å². The molecule has 2 aliphatic rings. The molecule has 4 rings (SSSR count). The third-order valence-corrected chi connectivity index (χ3v) is 7.09. The highest BCUT2D eigenvalue weighted by molar-refractivity contribution is 5.99. The summed E-state index contributed by atoms with van der Waals surface area (Å²) in [5, 5.41) is 7.91. The van der Waals surface area contributed by atoms with Crippen LogP contribution >= 0.6 is 0 Å². The number of nitrogens with one attached hydrogen (secondary N) is 1. The van der Waals surface area contributed by atoms with Crippen LogP contribution in [-0.4, -0.2) is 38.1 Å². The van der Waals surface area contributed by atoms with E-state index in [0.29, 0.717) is 12.2 Å². The van der Waals surface area contributed by atoms with Crippen molar-refractivity contribution in [2.75, 3.05) is 0 Å². The topological polar surface area (TPSA) is 67.2 Å². The molecule has 2 aromatic rings. The Kier molecular flexibility index (Phi) is 6.86. The molecule has 178 valence electrons. The molecular formula is C26H35FN4O2. The number of halogens is 1. The number of fused-ring (bicyclic) bond motifs is 1. The molecule has 1 aliphatic carbocycles. The lowest BCUT2D eigenvalue weighted by atomic mass is 9.91. The average Bonchev–Trinajstić information content (AvgIpc) is 3.18. The second-order valence-corrected chi connectivity index (χ2v) is 10.1. The van der Waals surface area contributed by atoms with E-state index in [1.807, 2.05) is 26.8 Å². The number of benzene rings is 1. The van der Waals surface area contributed by atoms with E-state index in [2.05, 4.69) is 10.4 Å². The number of rotatable bonds is 5. The second kappa shape index (κ2) is 9.65. The maximum atomic E-state index is 13.7. The molecule has 0 spiro atoms. The molecule has 1 aromatic heterocycles. The van der Waals surface area contributed by atoms with E-state index in [0.717, 1.165) is 36.9 Å². The van der Waals surface area contributed by atoms with Gasteiger partial charge in [-0.2, -0.15) is 5.10 Å². The highest BCUT2D eigenvalue weighted by Gasteiger charge is 2.48. The molecule has 1 aliphatic heterocycles. The fraction of sp³-hybridized carbons (Fsp3) is 0.577. The van der Waals surface area contributed by atoms with Gasteiger partial charge in [-0.1, -0.05) is 58.1 Å². The van der Waals surface area contributed by atoms with Gasteiger partial charge in [-0.25, -0.2) is 4.39 Å². The molecular weight excluding hydrogens is 419 g/mol. The van der Waals surface area contributed by atoms with Gasteiger partial charge in [-0.15, -0.1) is 0 Å². The average molecular weight is 455 g/mol. The van der Waals surface area contributed by atoms with Crippen molar-refractivity contribution < 1.29 is 14.0 Å². The zero-order chi connectivity index (χ0) is 23.6. The monoisotopic (exact) mass is 454 g/mol. The van der Waals surface area contributed by atoms with Gasteiger partial charge in [0, 0.05) is 12.6 Å². The normalized spacial score (nSPS) is 22.1. The summed E-state index contributed by atoms with van der Waals surface area (Å²) >= 11 is 0. The molecule has 7 heteroatoms. The number of hydrogen-bond acceptors (Lipinski definition) is 3. The lowest BCUT2D eigenvalue weighted by Gasteiger charge is -2.44. The standard InChI is InChI=1S/C26H35FN4O2/c1-18(2)22-15-23-24(32)30(16-19-11-13-20(27)14-12-19)26(3,17-31(23)29-22)25(33)28-21-9-7-5-4-6-8-10-21/h11-15,18,21H,4-10,16-17H2,1-3H3,(H,28,33)/t26-/m0/s1. The Hall–Kier alpha value is -2.70. The minimum atomic E-state index is -1.10. The minimum Gasteiger partial charge on any atom is -0.351 e. The summed E-state index contributed by atoms with van der Waals surface area (Å²) in [6.07, 6.45) is 7.83. The summed E-state index contributed by atoms with van der Waals surface area (Å²) in [6.45, 7) is 6.42. The minimum absolute atomic E-state index is 0.127. The first-order valence-electron chi connectivity index (χ1n) is 12.2. The van der Waals surface area contributed by atoms with Crippen LogP contribution in [0.5, 0.6) is 0 Å². The van der Waals surface area contributed by atoms with Crippen molar-refractivity contribution in [3.63, 3.8) is 0 Å². The zero-order valence-corrected chi connectivity index (χ0v) is 19.9. The number of amides is 2. The summed E-state index contributed by atoms with van der Waals surface area (Å²) < 4.78 is 15.2. The van der Waals surface area contributed by atoms with Crippen LogP contribution in [0.2, 0.25) is 0 Å². The van der Waals surface area contributed by atoms with Crippen LogP contribution in [0.25, 0.3) is 0 Å². The highest BCUT2D eigenvalue weighted by Crippen LogP contribution is 2.31. The van der Waals surface area contributed by atoms with E-state index in [4.69, 9.17) is 0 Å². The van der Waals surface area contributed by atoms with Gasteiger partial charge in [0.1, 0.15) is 17.1 Å². The number of carbonyl (C=O) groups excluding carboxylic acids is 2. The second-order valence-electron chi connectivity index (χ2n) is 10.1. The molecule has 1 N–H and O–H groups in total. The van der Waals surface area contributed by atoms with E-state index in [1.165, 1.54) is 31.4 Å².